The van der Waals surface area contributed by atoms with Crippen LogP contribution < -0.4 is 15.4 Å². The Hall–Kier alpha value is -1.76. The summed E-state index contributed by atoms with van der Waals surface area (Å²) >= 11 is 0. The molecule has 1 aliphatic heterocycles. The van der Waals surface area contributed by atoms with Crippen LogP contribution in [0, 0.1) is 5.92 Å². The van der Waals surface area contributed by atoms with E-state index >= 15 is 0 Å². The number of ether oxygens (including phenoxy) is 1. The molecule has 2 N–H and O–H groups in total. The second-order valence-electron chi connectivity index (χ2n) is 5.73. The minimum Gasteiger partial charge on any atom is -0.484 e. The number of hydrogen-bond donors (Lipinski definition) is 2. The van der Waals surface area contributed by atoms with Crippen LogP contribution in [0.1, 0.15) is 31.4 Å². The monoisotopic (exact) mass is 330 g/mol. The number of carbonyl (C=O) groups is 1. The van der Waals surface area contributed by atoms with Crippen LogP contribution in [0.2, 0.25) is 0 Å². The largest absolute Gasteiger partial charge is 0.484 e. The topological polar surface area (TPSA) is 50.4 Å². The van der Waals surface area contributed by atoms with Gasteiger partial charge in [-0.2, -0.15) is 13.2 Å². The van der Waals surface area contributed by atoms with Crippen molar-refractivity contribution < 1.29 is 22.7 Å². The Morgan fingerprint density at radius 3 is 2.48 bits per heavy atom. The lowest BCUT2D eigenvalue weighted by molar-refractivity contribution is -0.153. The highest BCUT2D eigenvalue weighted by atomic mass is 19.4. The number of piperidine rings is 1. The first-order valence-electron chi connectivity index (χ1n) is 7.66. The molecule has 4 nitrogen and oxygen atoms in total. The van der Waals surface area contributed by atoms with E-state index in [4.69, 9.17) is 0 Å². The highest BCUT2D eigenvalue weighted by Crippen LogP contribution is 2.22. The summed E-state index contributed by atoms with van der Waals surface area (Å²) in [7, 11) is 0. The summed E-state index contributed by atoms with van der Waals surface area (Å²) < 4.78 is 40.9. The Morgan fingerprint density at radius 1 is 1.30 bits per heavy atom. The van der Waals surface area contributed by atoms with Gasteiger partial charge in [-0.3, -0.25) is 4.79 Å². The van der Waals surface area contributed by atoms with Gasteiger partial charge in [-0.05, 0) is 50.6 Å². The summed E-state index contributed by atoms with van der Waals surface area (Å²) in [5.41, 5.74) is 0.826. The molecule has 1 aromatic rings. The smallest absolute Gasteiger partial charge is 0.422 e. The van der Waals surface area contributed by atoms with Crippen LogP contribution in [0.25, 0.3) is 0 Å². The molecule has 0 bridgehead atoms. The van der Waals surface area contributed by atoms with E-state index in [9.17, 15) is 18.0 Å². The Labute approximate surface area is 133 Å². The number of nitrogens with one attached hydrogen (secondary N) is 2. The van der Waals surface area contributed by atoms with E-state index in [1.54, 1.807) is 12.1 Å². The van der Waals surface area contributed by atoms with Gasteiger partial charge >= 0.3 is 6.18 Å². The molecule has 23 heavy (non-hydrogen) atoms. The third-order valence-electron chi connectivity index (χ3n) is 3.85. The average Bonchev–Trinajstić information content (AvgIpc) is 2.53. The second kappa shape index (κ2) is 7.68. The minimum absolute atomic E-state index is 0.0214. The molecule has 0 aliphatic carbocycles. The van der Waals surface area contributed by atoms with E-state index in [-0.39, 0.29) is 23.6 Å². The van der Waals surface area contributed by atoms with Gasteiger partial charge in [0.15, 0.2) is 6.61 Å². The van der Waals surface area contributed by atoms with Crippen LogP contribution in [0.4, 0.5) is 13.2 Å². The lowest BCUT2D eigenvalue weighted by atomic mass is 9.96. The van der Waals surface area contributed by atoms with Crippen molar-refractivity contribution in [2.24, 2.45) is 5.92 Å². The summed E-state index contributed by atoms with van der Waals surface area (Å²) in [6.07, 6.45) is -2.71. The molecule has 0 radical (unpaired) electrons. The molecule has 0 spiro atoms. The molecule has 0 saturated carbocycles. The number of hydrogen-bond acceptors (Lipinski definition) is 3. The fourth-order valence-corrected chi connectivity index (χ4v) is 2.52. The highest BCUT2D eigenvalue weighted by molar-refractivity contribution is 5.79. The molecule has 1 aromatic carbocycles. The number of carbonyl (C=O) groups excluding carboxylic acids is 1. The summed E-state index contributed by atoms with van der Waals surface area (Å²) in [5, 5.41) is 6.16. The molecule has 1 atom stereocenters. The lowest BCUT2D eigenvalue weighted by Crippen LogP contribution is -2.39. The van der Waals surface area contributed by atoms with Gasteiger partial charge in [0.05, 0.1) is 6.04 Å². The van der Waals surface area contributed by atoms with Crippen LogP contribution in [0.3, 0.4) is 0 Å². The minimum atomic E-state index is -4.35. The maximum absolute atomic E-state index is 12.2. The molecule has 1 saturated heterocycles. The molecule has 1 unspecified atom stereocenters. The zero-order chi connectivity index (χ0) is 16.9. The van der Waals surface area contributed by atoms with Gasteiger partial charge in [0, 0.05) is 5.92 Å². The van der Waals surface area contributed by atoms with Crippen molar-refractivity contribution in [1.82, 2.24) is 10.6 Å². The van der Waals surface area contributed by atoms with Gasteiger partial charge < -0.3 is 15.4 Å². The summed E-state index contributed by atoms with van der Waals surface area (Å²) in [5.74, 6) is 0.201. The molecular weight excluding hydrogens is 309 g/mol. The number of rotatable bonds is 5. The number of benzene rings is 1. The van der Waals surface area contributed by atoms with E-state index < -0.39 is 12.8 Å². The fraction of sp³-hybridized carbons (Fsp3) is 0.562. The van der Waals surface area contributed by atoms with Crippen molar-refractivity contribution in [2.45, 2.75) is 32.0 Å². The van der Waals surface area contributed by atoms with Crippen LogP contribution in [0.5, 0.6) is 5.75 Å². The number of halogens is 3. The van der Waals surface area contributed by atoms with Gasteiger partial charge in [0.1, 0.15) is 5.75 Å². The summed E-state index contributed by atoms with van der Waals surface area (Å²) in [6, 6.07) is 6.09. The van der Waals surface area contributed by atoms with Crippen molar-refractivity contribution in [3.63, 3.8) is 0 Å². The molecule has 128 valence electrons. The van der Waals surface area contributed by atoms with Crippen molar-refractivity contribution in [3.8, 4) is 5.75 Å². The highest BCUT2D eigenvalue weighted by Gasteiger charge is 2.28. The first-order chi connectivity index (χ1) is 10.8. The Balaban J connectivity index is 1.86. The van der Waals surface area contributed by atoms with Gasteiger partial charge in [-0.1, -0.05) is 12.1 Å². The predicted octanol–water partition coefficient (Wildman–Crippen LogP) is 2.80. The molecule has 1 aliphatic rings. The van der Waals surface area contributed by atoms with E-state index in [0.717, 1.165) is 31.5 Å². The standard InChI is InChI=1S/C16H21F3N2O2/c1-11(21-15(22)13-6-8-20-9-7-13)12-2-4-14(5-3-12)23-10-16(17,18)19/h2-5,11,13,20H,6-10H2,1H3,(H,21,22). The normalized spacial score (nSPS) is 17.6. The predicted molar refractivity (Wildman–Crippen MR) is 80.1 cm³/mol. The van der Waals surface area contributed by atoms with Crippen LogP contribution in [-0.4, -0.2) is 31.8 Å². The maximum Gasteiger partial charge on any atom is 0.422 e. The van der Waals surface area contributed by atoms with Crippen molar-refractivity contribution >= 4 is 5.91 Å². The van der Waals surface area contributed by atoms with Gasteiger partial charge in [0.2, 0.25) is 5.91 Å². The molecule has 1 heterocycles. The van der Waals surface area contributed by atoms with E-state index in [1.165, 1.54) is 12.1 Å². The van der Waals surface area contributed by atoms with Gasteiger partial charge in [-0.15, -0.1) is 0 Å². The molecular formula is C16H21F3N2O2. The molecule has 1 fully saturated rings. The summed E-state index contributed by atoms with van der Waals surface area (Å²) in [4.78, 5) is 12.2. The van der Waals surface area contributed by atoms with E-state index in [1.807, 2.05) is 6.92 Å². The first-order valence-corrected chi connectivity index (χ1v) is 7.66. The molecule has 2 rings (SSSR count). The average molecular weight is 330 g/mol. The first kappa shape index (κ1) is 17.6. The van der Waals surface area contributed by atoms with E-state index in [2.05, 4.69) is 15.4 Å². The maximum atomic E-state index is 12.2. The third-order valence-corrected chi connectivity index (χ3v) is 3.85. The van der Waals surface area contributed by atoms with Gasteiger partial charge in [-0.25, -0.2) is 0 Å². The zero-order valence-corrected chi connectivity index (χ0v) is 13.0. The quantitative estimate of drug-likeness (QED) is 0.873. The number of alkyl halides is 3. The fourth-order valence-electron chi connectivity index (χ4n) is 2.52. The van der Waals surface area contributed by atoms with E-state index in [0.29, 0.717) is 0 Å². The Bertz CT molecular complexity index is 511. The molecule has 1 amide bonds. The number of amides is 1. The molecule has 0 aromatic heterocycles. The van der Waals surface area contributed by atoms with Crippen molar-refractivity contribution in [1.29, 1.82) is 0 Å². The third kappa shape index (κ3) is 5.74. The Morgan fingerprint density at radius 2 is 1.91 bits per heavy atom. The second-order valence-corrected chi connectivity index (χ2v) is 5.73. The SMILES string of the molecule is CC(NC(=O)C1CCNCC1)c1ccc(OCC(F)(F)F)cc1. The van der Waals surface area contributed by atoms with Crippen molar-refractivity contribution in [2.75, 3.05) is 19.7 Å². The molecule has 7 heteroatoms. The van der Waals surface area contributed by atoms with Crippen LogP contribution in [-0.2, 0) is 4.79 Å². The lowest BCUT2D eigenvalue weighted by Gasteiger charge is -2.24. The zero-order valence-electron chi connectivity index (χ0n) is 13.0. The van der Waals surface area contributed by atoms with Gasteiger partial charge in [0.25, 0.3) is 0 Å². The Kier molecular flexibility index (Phi) is 5.87. The van der Waals surface area contributed by atoms with Crippen LogP contribution in [0.15, 0.2) is 24.3 Å². The van der Waals surface area contributed by atoms with Crippen molar-refractivity contribution in [3.05, 3.63) is 29.8 Å². The van der Waals surface area contributed by atoms with Crippen LogP contribution >= 0.6 is 0 Å². The summed E-state index contributed by atoms with van der Waals surface area (Å²) in [6.45, 7) is 2.23.